The zero-order valence-corrected chi connectivity index (χ0v) is 14.3. The van der Waals surface area contributed by atoms with E-state index < -0.39 is 59.3 Å². The highest BCUT2D eigenvalue weighted by Crippen LogP contribution is 2.60. The molecule has 0 heterocycles. The number of carbonyl (C=O) groups excluding carboxylic acids is 1. The number of nitrogens with one attached hydrogen (secondary N) is 1. The topological polar surface area (TPSA) is 49.3 Å². The van der Waals surface area contributed by atoms with Gasteiger partial charge in [-0.15, -0.1) is 0 Å². The van der Waals surface area contributed by atoms with Gasteiger partial charge in [0, 0.05) is 13.0 Å². The Balaban J connectivity index is 5.78. The van der Waals surface area contributed by atoms with Gasteiger partial charge in [0.05, 0.1) is 14.1 Å². The van der Waals surface area contributed by atoms with Gasteiger partial charge in [-0.05, 0) is 0 Å². The van der Waals surface area contributed by atoms with Crippen LogP contribution in [-0.2, 0) is 4.79 Å². The lowest BCUT2D eigenvalue weighted by Gasteiger charge is -2.39. The first kappa shape index (κ1) is 27.5. The van der Waals surface area contributed by atoms with Crippen molar-refractivity contribution >= 4 is 5.91 Å². The average Bonchev–Trinajstić information content (AvgIpc) is 2.48. The van der Waals surface area contributed by atoms with Gasteiger partial charge >= 0.3 is 35.8 Å². The average molecular weight is 465 g/mol. The summed E-state index contributed by atoms with van der Waals surface area (Å²) in [5.41, 5.74) is 0. The number of quaternary nitrogens is 1. The van der Waals surface area contributed by atoms with Gasteiger partial charge in [0.25, 0.3) is 5.91 Å². The van der Waals surface area contributed by atoms with Gasteiger partial charge in [-0.2, -0.15) is 61.7 Å². The van der Waals surface area contributed by atoms with E-state index in [0.29, 0.717) is 0 Å². The summed E-state index contributed by atoms with van der Waals surface area (Å²) < 4.78 is 166. The predicted octanol–water partition coefficient (Wildman–Crippen LogP) is 3.70. The highest BCUT2D eigenvalue weighted by molar-refractivity contribution is 5.84. The van der Waals surface area contributed by atoms with Crippen LogP contribution in [0.5, 0.6) is 0 Å². The highest BCUT2D eigenvalue weighted by Gasteiger charge is 2.91. The lowest BCUT2D eigenvalue weighted by Crippen LogP contribution is -2.72. The molecule has 4 nitrogen and oxygen atoms in total. The fourth-order valence-electron chi connectivity index (χ4n) is 1.69. The second kappa shape index (κ2) is 7.63. The minimum absolute atomic E-state index is 0.311. The van der Waals surface area contributed by atoms with Gasteiger partial charge in [-0.25, -0.2) is 5.21 Å². The van der Waals surface area contributed by atoms with Gasteiger partial charge in [0.15, 0.2) is 0 Å². The first-order valence-corrected chi connectivity index (χ1v) is 7.18. The largest absolute Gasteiger partial charge is 0.460 e. The molecule has 2 N–H and O–H groups in total. The summed E-state index contributed by atoms with van der Waals surface area (Å²) in [7, 11) is 2.27. The maximum atomic E-state index is 13.4. The normalized spacial score (nSPS) is 15.4. The second-order valence-corrected chi connectivity index (χ2v) is 6.32. The van der Waals surface area contributed by atoms with Crippen molar-refractivity contribution in [3.63, 3.8) is 0 Å². The molecule has 0 fully saturated rings. The Labute approximate surface area is 153 Å². The summed E-state index contributed by atoms with van der Waals surface area (Å²) >= 11 is 0. The minimum atomic E-state index is -8.05. The Morgan fingerprint density at radius 1 is 0.759 bits per heavy atom. The molecule has 0 radical (unpaired) electrons. The molecule has 0 aromatic carbocycles. The van der Waals surface area contributed by atoms with Crippen LogP contribution >= 0.6 is 0 Å². The second-order valence-electron chi connectivity index (χ2n) is 6.32. The third kappa shape index (κ3) is 4.80. The molecule has 0 aromatic heterocycles. The van der Waals surface area contributed by atoms with Crippen LogP contribution in [0.4, 0.5) is 57.1 Å². The van der Waals surface area contributed by atoms with Crippen molar-refractivity contribution < 1.29 is 71.7 Å². The van der Waals surface area contributed by atoms with E-state index in [9.17, 15) is 67.1 Å². The molecule has 0 spiro atoms. The van der Waals surface area contributed by atoms with Gasteiger partial charge in [-0.1, -0.05) is 0 Å². The molecule has 0 aliphatic rings. The van der Waals surface area contributed by atoms with E-state index in [1.165, 1.54) is 0 Å². The Bertz CT molecular complexity index is 596. The summed E-state index contributed by atoms with van der Waals surface area (Å²) in [5, 5.41) is 10.1. The van der Waals surface area contributed by atoms with E-state index in [2.05, 4.69) is 0 Å². The van der Waals surface area contributed by atoms with Gasteiger partial charge in [0.1, 0.15) is 6.54 Å². The lowest BCUT2D eigenvalue weighted by molar-refractivity contribution is -1.07. The molecule has 0 unspecified atom stereocenters. The summed E-state index contributed by atoms with van der Waals surface area (Å²) in [6.07, 6.45) is -7.95. The van der Waals surface area contributed by atoms with Crippen LogP contribution in [0, 0.1) is 0 Å². The third-order valence-electron chi connectivity index (χ3n) is 3.39. The quantitative estimate of drug-likeness (QED) is 0.236. The zero-order valence-electron chi connectivity index (χ0n) is 14.3. The molecule has 0 rings (SSSR count). The van der Waals surface area contributed by atoms with Crippen LogP contribution < -0.4 is 5.32 Å². The molecule has 0 bridgehead atoms. The zero-order chi connectivity index (χ0) is 23.9. The predicted molar refractivity (Wildman–Crippen MR) is 67.2 cm³/mol. The summed E-state index contributed by atoms with van der Waals surface area (Å²) in [6, 6.07) is 0. The van der Waals surface area contributed by atoms with Crippen LogP contribution in [0.2, 0.25) is 0 Å². The molecular weight excluding hydrogens is 451 g/mol. The van der Waals surface area contributed by atoms with Crippen molar-refractivity contribution in [1.29, 1.82) is 0 Å². The molecule has 0 aromatic rings. The molecule has 1 amide bonds. The minimum Gasteiger partial charge on any atom is -0.350 e. The SMILES string of the molecule is C[N+](C)(O)CCCNC(=O)C(F)(F)C(F)(F)C(F)(F)C(F)(F)C(F)(F)C(F)(F)F. The summed E-state index contributed by atoms with van der Waals surface area (Å²) in [5.74, 6) is -41.7. The maximum absolute atomic E-state index is 13.4. The van der Waals surface area contributed by atoms with Gasteiger partial charge < -0.3 is 5.32 Å². The van der Waals surface area contributed by atoms with E-state index >= 15 is 0 Å². The lowest BCUT2D eigenvalue weighted by atomic mass is 9.93. The number of nitrogens with zero attached hydrogens (tertiary/aromatic N) is 1. The smallest absolute Gasteiger partial charge is 0.350 e. The Morgan fingerprint density at radius 3 is 1.48 bits per heavy atom. The van der Waals surface area contributed by atoms with E-state index in [4.69, 9.17) is 0 Å². The van der Waals surface area contributed by atoms with E-state index in [1.807, 2.05) is 0 Å². The number of carbonyl (C=O) groups is 1. The van der Waals surface area contributed by atoms with Crippen LogP contribution in [-0.4, -0.2) is 78.7 Å². The Kier molecular flexibility index (Phi) is 7.23. The molecule has 29 heavy (non-hydrogen) atoms. The van der Waals surface area contributed by atoms with Crippen molar-refractivity contribution in [3.8, 4) is 0 Å². The van der Waals surface area contributed by atoms with Gasteiger partial charge in [0.2, 0.25) is 0 Å². The van der Waals surface area contributed by atoms with Crippen molar-refractivity contribution in [2.75, 3.05) is 27.2 Å². The molecule has 0 atom stereocenters. The Morgan fingerprint density at radius 2 is 1.14 bits per heavy atom. The molecule has 174 valence electrons. The van der Waals surface area contributed by atoms with Crippen LogP contribution in [0.1, 0.15) is 6.42 Å². The van der Waals surface area contributed by atoms with Crippen LogP contribution in [0.3, 0.4) is 0 Å². The fourth-order valence-corrected chi connectivity index (χ4v) is 1.69. The monoisotopic (exact) mass is 465 g/mol. The van der Waals surface area contributed by atoms with Crippen molar-refractivity contribution in [2.45, 2.75) is 42.2 Å². The Hall–Kier alpha value is -1.52. The summed E-state index contributed by atoms with van der Waals surface area (Å²) in [6.45, 7) is -1.30. The summed E-state index contributed by atoms with van der Waals surface area (Å²) in [4.78, 5) is 11.1. The third-order valence-corrected chi connectivity index (χ3v) is 3.39. The number of amides is 1. The first-order valence-electron chi connectivity index (χ1n) is 7.18. The molecule has 0 saturated carbocycles. The van der Waals surface area contributed by atoms with Crippen molar-refractivity contribution in [1.82, 2.24) is 5.32 Å². The molecule has 0 saturated heterocycles. The van der Waals surface area contributed by atoms with Crippen LogP contribution in [0.15, 0.2) is 0 Å². The number of alkyl halides is 13. The molecule has 17 heteroatoms. The molecule has 0 aliphatic carbocycles. The van der Waals surface area contributed by atoms with E-state index in [1.54, 1.807) is 0 Å². The van der Waals surface area contributed by atoms with Crippen molar-refractivity contribution in [3.05, 3.63) is 0 Å². The first-order chi connectivity index (χ1) is 12.4. The number of rotatable bonds is 9. The van der Waals surface area contributed by atoms with Crippen LogP contribution in [0.25, 0.3) is 0 Å². The highest BCUT2D eigenvalue weighted by atomic mass is 19.4. The van der Waals surface area contributed by atoms with E-state index in [-0.39, 0.29) is 6.54 Å². The number of hydrogen-bond acceptors (Lipinski definition) is 2. The molecule has 0 aliphatic heterocycles. The maximum Gasteiger partial charge on any atom is 0.460 e. The van der Waals surface area contributed by atoms with Crippen molar-refractivity contribution in [2.24, 2.45) is 0 Å². The number of hydrogen-bond donors (Lipinski definition) is 2. The standard InChI is InChI=1S/C12H13F13N2O2/c1-27(2,29)5-3-4-26-6(28)7(13,14)8(15,16)9(17,18)10(19,20)11(21,22)12(23,24)25/h29H,3-5H2,1-2H3/p+1. The fraction of sp³-hybridized carbons (Fsp3) is 0.917. The molecular formula is C12H14F13N2O2+. The number of halogens is 13. The van der Waals surface area contributed by atoms with E-state index in [0.717, 1.165) is 19.4 Å². The number of hydroxylamine groups is 3. The van der Waals surface area contributed by atoms with Gasteiger partial charge in [-0.3, -0.25) is 4.79 Å².